The highest BCUT2D eigenvalue weighted by Gasteiger charge is 2.33. The topological polar surface area (TPSA) is 35.6 Å². The Labute approximate surface area is 117 Å². The lowest BCUT2D eigenvalue weighted by Crippen LogP contribution is -2.49. The fourth-order valence-corrected chi connectivity index (χ4v) is 3.43. The van der Waals surface area contributed by atoms with E-state index in [1.54, 1.807) is 4.90 Å². The van der Waals surface area contributed by atoms with Crippen LogP contribution in [-0.2, 0) is 0 Å². The highest BCUT2D eigenvalue weighted by atomic mass is 16.2. The molecular formula is C15H29N3O. The summed E-state index contributed by atoms with van der Waals surface area (Å²) in [6, 6.07) is 1.45. The molecule has 0 spiro atoms. The lowest BCUT2D eigenvalue weighted by atomic mass is 9.91. The summed E-state index contributed by atoms with van der Waals surface area (Å²) in [5.41, 5.74) is 0.513. The molecule has 0 radical (unpaired) electrons. The van der Waals surface area contributed by atoms with Crippen LogP contribution in [0, 0.1) is 5.41 Å². The largest absolute Gasteiger partial charge is 0.331 e. The van der Waals surface area contributed by atoms with E-state index in [2.05, 4.69) is 19.2 Å². The molecule has 0 aromatic carbocycles. The number of hydrogen-bond acceptors (Lipinski definition) is 2. The molecule has 2 rings (SSSR count). The summed E-state index contributed by atoms with van der Waals surface area (Å²) in [5.74, 6) is 0. The first kappa shape index (κ1) is 14.6. The molecule has 4 heteroatoms. The van der Waals surface area contributed by atoms with Crippen LogP contribution in [0.1, 0.15) is 46.0 Å². The summed E-state index contributed by atoms with van der Waals surface area (Å²) in [5, 5.41) is 3.81. The number of piperidine rings is 1. The molecule has 2 amide bonds. The van der Waals surface area contributed by atoms with Crippen molar-refractivity contribution in [2.24, 2.45) is 5.41 Å². The molecule has 2 fully saturated rings. The number of nitrogens with one attached hydrogen (secondary N) is 1. The van der Waals surface area contributed by atoms with Crippen LogP contribution in [0.3, 0.4) is 0 Å². The SMILES string of the molecule is CN(C)C(=O)N1CCC(NC2CCC(C)(C)C2)CC1. The zero-order valence-electron chi connectivity index (χ0n) is 12.9. The molecule has 1 saturated heterocycles. The summed E-state index contributed by atoms with van der Waals surface area (Å²) in [4.78, 5) is 15.5. The maximum atomic E-state index is 11.9. The van der Waals surface area contributed by atoms with Gasteiger partial charge in [0.25, 0.3) is 0 Å². The lowest BCUT2D eigenvalue weighted by molar-refractivity contribution is 0.150. The third-order valence-electron chi connectivity index (χ3n) is 4.59. The van der Waals surface area contributed by atoms with Crippen LogP contribution < -0.4 is 5.32 Å². The van der Waals surface area contributed by atoms with Gasteiger partial charge in [0.05, 0.1) is 0 Å². The number of urea groups is 1. The van der Waals surface area contributed by atoms with Crippen molar-refractivity contribution in [2.75, 3.05) is 27.2 Å². The second-order valence-corrected chi connectivity index (χ2v) is 7.21. The second kappa shape index (κ2) is 5.70. The van der Waals surface area contributed by atoms with Crippen molar-refractivity contribution >= 4 is 6.03 Å². The molecule has 1 aliphatic heterocycles. The molecule has 0 aromatic heterocycles. The van der Waals surface area contributed by atoms with Crippen LogP contribution in [0.25, 0.3) is 0 Å². The van der Waals surface area contributed by atoms with Crippen molar-refractivity contribution in [3.05, 3.63) is 0 Å². The molecule has 19 heavy (non-hydrogen) atoms. The minimum atomic E-state index is 0.153. The van der Waals surface area contributed by atoms with Gasteiger partial charge in [0.1, 0.15) is 0 Å². The van der Waals surface area contributed by atoms with E-state index in [4.69, 9.17) is 0 Å². The van der Waals surface area contributed by atoms with Crippen molar-refractivity contribution in [3.63, 3.8) is 0 Å². The first-order valence-electron chi connectivity index (χ1n) is 7.60. The van der Waals surface area contributed by atoms with Gasteiger partial charge in [0, 0.05) is 39.3 Å². The monoisotopic (exact) mass is 267 g/mol. The second-order valence-electron chi connectivity index (χ2n) is 7.21. The highest BCUT2D eigenvalue weighted by Crippen LogP contribution is 2.37. The van der Waals surface area contributed by atoms with E-state index in [9.17, 15) is 4.79 Å². The summed E-state index contributed by atoms with van der Waals surface area (Å²) in [7, 11) is 3.65. The van der Waals surface area contributed by atoms with Gasteiger partial charge >= 0.3 is 6.03 Å². The molecule has 110 valence electrons. The van der Waals surface area contributed by atoms with Gasteiger partial charge in [-0.3, -0.25) is 0 Å². The van der Waals surface area contributed by atoms with Crippen LogP contribution >= 0.6 is 0 Å². The van der Waals surface area contributed by atoms with Crippen molar-refractivity contribution in [1.29, 1.82) is 0 Å². The molecule has 1 saturated carbocycles. The van der Waals surface area contributed by atoms with Crippen molar-refractivity contribution in [1.82, 2.24) is 15.1 Å². The van der Waals surface area contributed by atoms with Gasteiger partial charge in [-0.25, -0.2) is 4.79 Å². The van der Waals surface area contributed by atoms with E-state index in [0.717, 1.165) is 25.9 Å². The van der Waals surface area contributed by atoms with E-state index in [1.807, 2.05) is 19.0 Å². The Hall–Kier alpha value is -0.770. The van der Waals surface area contributed by atoms with Gasteiger partial charge in [0.15, 0.2) is 0 Å². The maximum Gasteiger partial charge on any atom is 0.319 e. The standard InChI is InChI=1S/C15H29N3O/c1-15(2)8-5-13(11-15)16-12-6-9-18(10-7-12)14(19)17(3)4/h12-13,16H,5-11H2,1-4H3. The average molecular weight is 267 g/mol. The highest BCUT2D eigenvalue weighted by molar-refractivity contribution is 5.73. The number of carbonyl (C=O) groups excluding carboxylic acids is 1. The number of nitrogens with zero attached hydrogens (tertiary/aromatic N) is 2. The zero-order chi connectivity index (χ0) is 14.0. The van der Waals surface area contributed by atoms with Gasteiger partial charge in [-0.2, -0.15) is 0 Å². The summed E-state index contributed by atoms with van der Waals surface area (Å²) in [6.45, 7) is 6.52. The summed E-state index contributed by atoms with van der Waals surface area (Å²) < 4.78 is 0. The van der Waals surface area contributed by atoms with Crippen LogP contribution in [0.15, 0.2) is 0 Å². The van der Waals surface area contributed by atoms with Crippen LogP contribution in [0.2, 0.25) is 0 Å². The average Bonchev–Trinajstić information content (AvgIpc) is 2.68. The van der Waals surface area contributed by atoms with Gasteiger partial charge in [-0.05, 0) is 37.5 Å². The Bertz CT molecular complexity index is 319. The zero-order valence-corrected chi connectivity index (χ0v) is 12.9. The van der Waals surface area contributed by atoms with E-state index in [0.29, 0.717) is 17.5 Å². The quantitative estimate of drug-likeness (QED) is 0.833. The molecule has 0 aromatic rings. The van der Waals surface area contributed by atoms with E-state index in [-0.39, 0.29) is 6.03 Å². The molecule has 1 N–H and O–H groups in total. The van der Waals surface area contributed by atoms with Gasteiger partial charge in [-0.15, -0.1) is 0 Å². The van der Waals surface area contributed by atoms with E-state index >= 15 is 0 Å². The predicted octanol–water partition coefficient (Wildman–Crippen LogP) is 2.30. The molecule has 1 aliphatic carbocycles. The Morgan fingerprint density at radius 3 is 2.26 bits per heavy atom. The molecule has 4 nitrogen and oxygen atoms in total. The predicted molar refractivity (Wildman–Crippen MR) is 78.2 cm³/mol. The Balaban J connectivity index is 1.74. The maximum absolute atomic E-state index is 11.9. The first-order chi connectivity index (χ1) is 8.87. The molecular weight excluding hydrogens is 238 g/mol. The fraction of sp³-hybridized carbons (Fsp3) is 0.933. The minimum Gasteiger partial charge on any atom is -0.331 e. The third kappa shape index (κ3) is 3.85. The number of likely N-dealkylation sites (tertiary alicyclic amines) is 1. The molecule has 1 heterocycles. The van der Waals surface area contributed by atoms with Gasteiger partial charge in [-0.1, -0.05) is 13.8 Å². The van der Waals surface area contributed by atoms with E-state index in [1.165, 1.54) is 19.3 Å². The smallest absolute Gasteiger partial charge is 0.319 e. The summed E-state index contributed by atoms with van der Waals surface area (Å²) >= 11 is 0. The van der Waals surface area contributed by atoms with Gasteiger partial charge < -0.3 is 15.1 Å². The van der Waals surface area contributed by atoms with Crippen LogP contribution in [0.5, 0.6) is 0 Å². The number of hydrogen-bond donors (Lipinski definition) is 1. The normalized spacial score (nSPS) is 27.6. The third-order valence-corrected chi connectivity index (χ3v) is 4.59. The van der Waals surface area contributed by atoms with Crippen molar-refractivity contribution in [2.45, 2.75) is 58.0 Å². The Morgan fingerprint density at radius 2 is 1.79 bits per heavy atom. The fourth-order valence-electron chi connectivity index (χ4n) is 3.43. The molecule has 0 bridgehead atoms. The lowest BCUT2D eigenvalue weighted by Gasteiger charge is -2.35. The first-order valence-corrected chi connectivity index (χ1v) is 7.60. The minimum absolute atomic E-state index is 0.153. The number of rotatable bonds is 2. The summed E-state index contributed by atoms with van der Waals surface area (Å²) in [6.07, 6.45) is 6.13. The Kier molecular flexibility index (Phi) is 4.39. The molecule has 1 unspecified atom stereocenters. The Morgan fingerprint density at radius 1 is 1.16 bits per heavy atom. The van der Waals surface area contributed by atoms with Gasteiger partial charge in [0.2, 0.25) is 0 Å². The van der Waals surface area contributed by atoms with Crippen LogP contribution in [-0.4, -0.2) is 55.1 Å². The number of amides is 2. The van der Waals surface area contributed by atoms with Crippen molar-refractivity contribution < 1.29 is 4.79 Å². The molecule has 2 aliphatic rings. The number of carbonyl (C=O) groups is 1. The van der Waals surface area contributed by atoms with E-state index < -0.39 is 0 Å². The van der Waals surface area contributed by atoms with Crippen LogP contribution in [0.4, 0.5) is 4.79 Å². The van der Waals surface area contributed by atoms with Crippen molar-refractivity contribution in [3.8, 4) is 0 Å². The molecule has 1 atom stereocenters.